The smallest absolute Gasteiger partial charge is 0.147 e. The predicted molar refractivity (Wildman–Crippen MR) is 106 cm³/mol. The summed E-state index contributed by atoms with van der Waals surface area (Å²) in [4.78, 5) is 0. The molecule has 0 amide bonds. The molecule has 8 heteroatoms. The summed E-state index contributed by atoms with van der Waals surface area (Å²) in [6.45, 7) is 4.81. The number of aromatic nitrogens is 3. The number of nitrogens with zero attached hydrogens (tertiary/aromatic N) is 4. The van der Waals surface area contributed by atoms with Crippen molar-refractivity contribution in [3.63, 3.8) is 0 Å². The molecule has 0 saturated heterocycles. The van der Waals surface area contributed by atoms with Gasteiger partial charge in [-0.15, -0.1) is 10.2 Å². The molecule has 0 N–H and O–H groups in total. The lowest BCUT2D eigenvalue weighted by molar-refractivity contribution is 0.217. The third-order valence-corrected chi connectivity index (χ3v) is 4.35. The van der Waals surface area contributed by atoms with E-state index in [0.29, 0.717) is 34.6 Å². The molecule has 0 radical (unpaired) electrons. The molecule has 0 saturated carbocycles. The molecule has 3 aromatic rings. The summed E-state index contributed by atoms with van der Waals surface area (Å²) >= 11 is 12.4. The maximum atomic E-state index is 6.29. The SMILES string of the molecule is Cc1ccc(OCCOc2c(Cl)cc(Cl)cc2C=Nn2cnnc2)cc1C. The Kier molecular flexibility index (Phi) is 6.32. The monoisotopic (exact) mass is 404 g/mol. The molecule has 140 valence electrons. The summed E-state index contributed by atoms with van der Waals surface area (Å²) in [5.74, 6) is 1.29. The fourth-order valence-corrected chi connectivity index (χ4v) is 2.88. The zero-order chi connectivity index (χ0) is 19.2. The van der Waals surface area contributed by atoms with Crippen LogP contribution in [0, 0.1) is 13.8 Å². The van der Waals surface area contributed by atoms with Crippen molar-refractivity contribution in [3.05, 3.63) is 69.7 Å². The van der Waals surface area contributed by atoms with E-state index in [9.17, 15) is 0 Å². The van der Waals surface area contributed by atoms with Gasteiger partial charge in [-0.1, -0.05) is 29.3 Å². The molecule has 0 bridgehead atoms. The Bertz CT molecular complexity index is 943. The van der Waals surface area contributed by atoms with Crippen molar-refractivity contribution >= 4 is 29.4 Å². The van der Waals surface area contributed by atoms with E-state index in [1.807, 2.05) is 25.1 Å². The number of hydrogen-bond acceptors (Lipinski definition) is 5. The molecule has 0 atom stereocenters. The Labute approximate surface area is 167 Å². The van der Waals surface area contributed by atoms with Gasteiger partial charge in [0.2, 0.25) is 0 Å². The van der Waals surface area contributed by atoms with E-state index in [-0.39, 0.29) is 0 Å². The summed E-state index contributed by atoms with van der Waals surface area (Å²) in [6.07, 6.45) is 4.53. The molecule has 0 fully saturated rings. The quantitative estimate of drug-likeness (QED) is 0.428. The summed E-state index contributed by atoms with van der Waals surface area (Å²) in [5, 5.41) is 12.5. The van der Waals surface area contributed by atoms with Crippen molar-refractivity contribution in [1.29, 1.82) is 0 Å². The minimum absolute atomic E-state index is 0.321. The Morgan fingerprint density at radius 1 is 1.00 bits per heavy atom. The van der Waals surface area contributed by atoms with E-state index in [1.165, 1.54) is 28.5 Å². The van der Waals surface area contributed by atoms with E-state index in [0.717, 1.165) is 5.75 Å². The molecule has 0 aliphatic heterocycles. The number of halogens is 2. The number of benzene rings is 2. The Hall–Kier alpha value is -2.57. The third-order valence-electron chi connectivity index (χ3n) is 3.85. The molecule has 0 spiro atoms. The van der Waals surface area contributed by atoms with Crippen LogP contribution in [0.5, 0.6) is 11.5 Å². The first-order valence-corrected chi connectivity index (χ1v) is 8.99. The first kappa shape index (κ1) is 19.2. The van der Waals surface area contributed by atoms with Crippen LogP contribution in [-0.4, -0.2) is 34.3 Å². The zero-order valence-electron chi connectivity index (χ0n) is 14.9. The minimum atomic E-state index is 0.321. The molecule has 3 rings (SSSR count). The van der Waals surface area contributed by atoms with Crippen molar-refractivity contribution in [2.75, 3.05) is 13.2 Å². The van der Waals surface area contributed by atoms with E-state index in [4.69, 9.17) is 32.7 Å². The fourth-order valence-electron chi connectivity index (χ4n) is 2.32. The standard InChI is InChI=1S/C19H18Cl2N4O2/c1-13-3-4-17(7-14(13)2)26-5-6-27-19-15(8-16(20)9-18(19)21)10-24-25-11-22-23-12-25/h3-4,7-12H,5-6H2,1-2H3. The summed E-state index contributed by atoms with van der Waals surface area (Å²) in [5.41, 5.74) is 3.05. The van der Waals surface area contributed by atoms with Crippen molar-refractivity contribution < 1.29 is 9.47 Å². The maximum Gasteiger partial charge on any atom is 0.147 e. The molecule has 0 aliphatic rings. The van der Waals surface area contributed by atoms with Crippen LogP contribution in [0.2, 0.25) is 10.0 Å². The van der Waals surface area contributed by atoms with Gasteiger partial charge in [0.1, 0.15) is 37.4 Å². The average Bonchev–Trinajstić information content (AvgIpc) is 3.14. The third kappa shape index (κ3) is 5.21. The van der Waals surface area contributed by atoms with Crippen molar-refractivity contribution in [3.8, 4) is 11.5 Å². The summed E-state index contributed by atoms with van der Waals surface area (Å²) in [6, 6.07) is 9.32. The second-order valence-electron chi connectivity index (χ2n) is 5.84. The second-order valence-corrected chi connectivity index (χ2v) is 6.68. The van der Waals surface area contributed by atoms with Gasteiger partial charge in [0.25, 0.3) is 0 Å². The van der Waals surface area contributed by atoms with Crippen LogP contribution in [0.15, 0.2) is 48.1 Å². The Morgan fingerprint density at radius 2 is 1.74 bits per heavy atom. The normalized spacial score (nSPS) is 11.1. The van der Waals surface area contributed by atoms with Crippen LogP contribution < -0.4 is 9.47 Å². The minimum Gasteiger partial charge on any atom is -0.490 e. The lowest BCUT2D eigenvalue weighted by Gasteiger charge is -2.13. The molecule has 6 nitrogen and oxygen atoms in total. The molecule has 0 unspecified atom stereocenters. The highest BCUT2D eigenvalue weighted by Gasteiger charge is 2.10. The van der Waals surface area contributed by atoms with Gasteiger partial charge in [0.15, 0.2) is 0 Å². The lowest BCUT2D eigenvalue weighted by atomic mass is 10.1. The number of rotatable bonds is 7. The van der Waals surface area contributed by atoms with Gasteiger partial charge in [0.05, 0.1) is 11.2 Å². The maximum absolute atomic E-state index is 6.29. The van der Waals surface area contributed by atoms with Crippen LogP contribution in [0.25, 0.3) is 0 Å². The highest BCUT2D eigenvalue weighted by molar-refractivity contribution is 6.36. The van der Waals surface area contributed by atoms with E-state index >= 15 is 0 Å². The lowest BCUT2D eigenvalue weighted by Crippen LogP contribution is -2.10. The molecule has 1 heterocycles. The van der Waals surface area contributed by atoms with Gasteiger partial charge < -0.3 is 9.47 Å². The van der Waals surface area contributed by atoms with Gasteiger partial charge in [-0.3, -0.25) is 0 Å². The number of ether oxygens (including phenoxy) is 2. The second kappa shape index (κ2) is 8.88. The van der Waals surface area contributed by atoms with E-state index < -0.39 is 0 Å². The van der Waals surface area contributed by atoms with Gasteiger partial charge in [-0.05, 0) is 49.2 Å². The highest BCUT2D eigenvalue weighted by atomic mass is 35.5. The Balaban J connectivity index is 1.65. The first-order valence-electron chi connectivity index (χ1n) is 8.24. The fraction of sp³-hybridized carbons (Fsp3) is 0.211. The van der Waals surface area contributed by atoms with Gasteiger partial charge in [0, 0.05) is 10.6 Å². The number of aryl methyl sites for hydroxylation is 2. The topological polar surface area (TPSA) is 61.5 Å². The highest BCUT2D eigenvalue weighted by Crippen LogP contribution is 2.31. The number of hydrogen-bond donors (Lipinski definition) is 0. The summed E-state index contributed by atoms with van der Waals surface area (Å²) < 4.78 is 13.0. The van der Waals surface area contributed by atoms with Gasteiger partial charge in [-0.2, -0.15) is 5.10 Å². The largest absolute Gasteiger partial charge is 0.490 e. The van der Waals surface area contributed by atoms with Crippen molar-refractivity contribution in [2.24, 2.45) is 5.10 Å². The van der Waals surface area contributed by atoms with Crippen LogP contribution >= 0.6 is 23.2 Å². The molecular weight excluding hydrogens is 387 g/mol. The van der Waals surface area contributed by atoms with Crippen LogP contribution in [-0.2, 0) is 0 Å². The van der Waals surface area contributed by atoms with Crippen LogP contribution in [0.4, 0.5) is 0 Å². The average molecular weight is 405 g/mol. The molecular formula is C19H18Cl2N4O2. The molecule has 1 aromatic heterocycles. The molecule has 27 heavy (non-hydrogen) atoms. The summed E-state index contributed by atoms with van der Waals surface area (Å²) in [7, 11) is 0. The Morgan fingerprint density at radius 3 is 2.48 bits per heavy atom. The van der Waals surface area contributed by atoms with Gasteiger partial charge in [-0.25, -0.2) is 4.68 Å². The molecule has 0 aliphatic carbocycles. The van der Waals surface area contributed by atoms with E-state index in [2.05, 4.69) is 22.2 Å². The first-order chi connectivity index (χ1) is 13.0. The van der Waals surface area contributed by atoms with Crippen molar-refractivity contribution in [2.45, 2.75) is 13.8 Å². The van der Waals surface area contributed by atoms with E-state index in [1.54, 1.807) is 18.3 Å². The predicted octanol–water partition coefficient (Wildman–Crippen LogP) is 4.54. The zero-order valence-corrected chi connectivity index (χ0v) is 16.4. The van der Waals surface area contributed by atoms with Crippen LogP contribution in [0.3, 0.4) is 0 Å². The molecule has 2 aromatic carbocycles. The van der Waals surface area contributed by atoms with Crippen LogP contribution in [0.1, 0.15) is 16.7 Å². The van der Waals surface area contributed by atoms with Gasteiger partial charge >= 0.3 is 0 Å². The van der Waals surface area contributed by atoms with Crippen molar-refractivity contribution in [1.82, 2.24) is 14.9 Å².